The fraction of sp³-hybridized carbons (Fsp3) is 0.267. The van der Waals surface area contributed by atoms with E-state index in [1.54, 1.807) is 37.3 Å². The first-order valence-electron chi connectivity index (χ1n) is 6.64. The summed E-state index contributed by atoms with van der Waals surface area (Å²) in [6, 6.07) is 9.98. The fourth-order valence-electron chi connectivity index (χ4n) is 2.06. The van der Waals surface area contributed by atoms with Gasteiger partial charge in [0.1, 0.15) is 4.90 Å². The molecule has 1 amide bonds. The number of rotatable bonds is 4. The average molecular weight is 307 g/mol. The van der Waals surface area contributed by atoms with Crippen LogP contribution in [-0.4, -0.2) is 18.9 Å². The molecule has 2 aromatic rings. The smallest absolute Gasteiger partial charge is 0.297 e. The zero-order valence-electron chi connectivity index (χ0n) is 11.8. The Hall–Kier alpha value is -1.92. The van der Waals surface area contributed by atoms with Crippen LogP contribution in [-0.2, 0) is 14.9 Å². The van der Waals surface area contributed by atoms with E-state index in [1.165, 1.54) is 6.07 Å². The van der Waals surface area contributed by atoms with Crippen LogP contribution in [0.25, 0.3) is 10.8 Å². The van der Waals surface area contributed by atoms with Crippen molar-refractivity contribution in [2.24, 2.45) is 5.92 Å². The molecule has 0 aliphatic heterocycles. The summed E-state index contributed by atoms with van der Waals surface area (Å²) in [6.45, 7) is 3.62. The molecule has 1 unspecified atom stereocenters. The molecule has 2 aromatic carbocycles. The van der Waals surface area contributed by atoms with Gasteiger partial charge in [-0.3, -0.25) is 9.35 Å². The molecule has 1 atom stereocenters. The van der Waals surface area contributed by atoms with Gasteiger partial charge in [0, 0.05) is 11.3 Å². The summed E-state index contributed by atoms with van der Waals surface area (Å²) in [5.41, 5.74) is 0.0986. The highest BCUT2D eigenvalue weighted by Crippen LogP contribution is 2.30. The van der Waals surface area contributed by atoms with Gasteiger partial charge in [-0.05, 0) is 17.9 Å². The lowest BCUT2D eigenvalue weighted by Gasteiger charge is -2.14. The van der Waals surface area contributed by atoms with Gasteiger partial charge in [-0.15, -0.1) is 0 Å². The van der Waals surface area contributed by atoms with Gasteiger partial charge < -0.3 is 5.32 Å². The predicted octanol–water partition coefficient (Wildman–Crippen LogP) is 3.07. The molecular weight excluding hydrogens is 290 g/mol. The first-order chi connectivity index (χ1) is 9.84. The molecule has 0 fully saturated rings. The molecule has 0 saturated heterocycles. The third-order valence-electron chi connectivity index (χ3n) is 3.46. The van der Waals surface area contributed by atoms with E-state index in [0.29, 0.717) is 17.2 Å². The van der Waals surface area contributed by atoms with E-state index in [4.69, 9.17) is 0 Å². The van der Waals surface area contributed by atoms with Crippen LogP contribution in [0.1, 0.15) is 20.3 Å². The number of nitrogens with one attached hydrogen (secondary N) is 1. The Morgan fingerprint density at radius 3 is 2.52 bits per heavy atom. The Labute approximate surface area is 123 Å². The van der Waals surface area contributed by atoms with Gasteiger partial charge in [0.05, 0.1) is 5.69 Å². The Balaban J connectivity index is 2.62. The van der Waals surface area contributed by atoms with E-state index in [1.807, 2.05) is 6.92 Å². The normalized spacial score (nSPS) is 13.1. The number of amides is 1. The maximum Gasteiger partial charge on any atom is 0.297 e. The Kier molecular flexibility index (Phi) is 4.29. The lowest BCUT2D eigenvalue weighted by molar-refractivity contribution is -0.119. The summed E-state index contributed by atoms with van der Waals surface area (Å²) in [6.07, 6.45) is 0.640. The monoisotopic (exact) mass is 307 g/mol. The molecule has 0 bridgehead atoms. The number of hydrogen-bond acceptors (Lipinski definition) is 3. The molecule has 2 rings (SSSR count). The Morgan fingerprint density at radius 1 is 1.24 bits per heavy atom. The summed E-state index contributed by atoms with van der Waals surface area (Å²) >= 11 is 0. The van der Waals surface area contributed by atoms with Crippen LogP contribution < -0.4 is 5.32 Å². The van der Waals surface area contributed by atoms with Crippen LogP contribution in [0.3, 0.4) is 0 Å². The van der Waals surface area contributed by atoms with Gasteiger partial charge in [-0.2, -0.15) is 8.42 Å². The first kappa shape index (κ1) is 15.5. The average Bonchev–Trinajstić information content (AvgIpc) is 2.44. The molecule has 0 spiro atoms. The molecule has 2 N–H and O–H groups in total. The molecule has 0 aromatic heterocycles. The molecule has 0 radical (unpaired) electrons. The van der Waals surface area contributed by atoms with E-state index in [0.717, 1.165) is 0 Å². The first-order valence-corrected chi connectivity index (χ1v) is 8.08. The van der Waals surface area contributed by atoms with Crippen molar-refractivity contribution in [3.63, 3.8) is 0 Å². The lowest BCUT2D eigenvalue weighted by Crippen LogP contribution is -2.21. The second kappa shape index (κ2) is 5.83. The lowest BCUT2D eigenvalue weighted by atomic mass is 10.1. The van der Waals surface area contributed by atoms with E-state index < -0.39 is 10.1 Å². The van der Waals surface area contributed by atoms with E-state index in [2.05, 4.69) is 5.32 Å². The second-order valence-electron chi connectivity index (χ2n) is 4.94. The van der Waals surface area contributed by atoms with Crippen LogP contribution in [0.15, 0.2) is 41.3 Å². The van der Waals surface area contributed by atoms with E-state index in [-0.39, 0.29) is 22.4 Å². The second-order valence-corrected chi connectivity index (χ2v) is 6.30. The minimum Gasteiger partial charge on any atom is -0.325 e. The third kappa shape index (κ3) is 3.22. The van der Waals surface area contributed by atoms with Crippen molar-refractivity contribution in [1.82, 2.24) is 0 Å². The molecule has 112 valence electrons. The van der Waals surface area contributed by atoms with Crippen molar-refractivity contribution in [3.8, 4) is 0 Å². The van der Waals surface area contributed by atoms with Crippen LogP contribution in [0, 0.1) is 5.92 Å². The number of anilines is 1. The van der Waals surface area contributed by atoms with E-state index in [9.17, 15) is 17.8 Å². The number of carbonyl (C=O) groups excluding carboxylic acids is 1. The van der Waals surface area contributed by atoms with Gasteiger partial charge in [0.15, 0.2) is 0 Å². The highest BCUT2D eigenvalue weighted by atomic mass is 32.2. The van der Waals surface area contributed by atoms with Crippen LogP contribution in [0.5, 0.6) is 0 Å². The van der Waals surface area contributed by atoms with Crippen molar-refractivity contribution in [2.75, 3.05) is 5.32 Å². The zero-order chi connectivity index (χ0) is 15.6. The topological polar surface area (TPSA) is 83.5 Å². The zero-order valence-corrected chi connectivity index (χ0v) is 12.6. The van der Waals surface area contributed by atoms with E-state index >= 15 is 0 Å². The minimum absolute atomic E-state index is 0.0986. The maximum absolute atomic E-state index is 12.0. The molecule has 0 heterocycles. The largest absolute Gasteiger partial charge is 0.325 e. The fourth-order valence-corrected chi connectivity index (χ4v) is 2.92. The summed E-state index contributed by atoms with van der Waals surface area (Å²) in [5, 5.41) is 3.63. The standard InChI is InChI=1S/C15H17NO4S/c1-3-10(2)15(17)16-13-9-8-11-6-4-5-7-12(11)14(13)21(18,19)20/h4-10H,3H2,1-2H3,(H,16,17)(H,18,19,20). The van der Waals surface area contributed by atoms with Crippen molar-refractivity contribution >= 4 is 32.5 Å². The minimum atomic E-state index is -4.45. The molecular formula is C15H17NO4S. The maximum atomic E-state index is 12.0. The molecule has 0 aliphatic carbocycles. The number of benzene rings is 2. The highest BCUT2D eigenvalue weighted by molar-refractivity contribution is 7.86. The number of fused-ring (bicyclic) bond motifs is 1. The summed E-state index contributed by atoms with van der Waals surface area (Å²) in [7, 11) is -4.45. The molecule has 21 heavy (non-hydrogen) atoms. The Morgan fingerprint density at radius 2 is 1.90 bits per heavy atom. The van der Waals surface area contributed by atoms with Gasteiger partial charge in [0.25, 0.3) is 10.1 Å². The highest BCUT2D eigenvalue weighted by Gasteiger charge is 2.21. The van der Waals surface area contributed by atoms with Crippen molar-refractivity contribution in [2.45, 2.75) is 25.2 Å². The number of hydrogen-bond donors (Lipinski definition) is 2. The van der Waals surface area contributed by atoms with Gasteiger partial charge in [0.2, 0.25) is 5.91 Å². The van der Waals surface area contributed by atoms with Crippen LogP contribution in [0.4, 0.5) is 5.69 Å². The van der Waals surface area contributed by atoms with Gasteiger partial charge in [-0.25, -0.2) is 0 Å². The SMILES string of the molecule is CCC(C)C(=O)Nc1ccc2ccccc2c1S(=O)(=O)O. The number of carbonyl (C=O) groups is 1. The van der Waals surface area contributed by atoms with Crippen LogP contribution in [0.2, 0.25) is 0 Å². The van der Waals surface area contributed by atoms with Crippen molar-refractivity contribution in [3.05, 3.63) is 36.4 Å². The predicted molar refractivity (Wildman–Crippen MR) is 81.8 cm³/mol. The molecule has 6 heteroatoms. The molecule has 0 saturated carbocycles. The molecule has 0 aliphatic rings. The quantitative estimate of drug-likeness (QED) is 0.850. The van der Waals surface area contributed by atoms with Crippen molar-refractivity contribution < 1.29 is 17.8 Å². The van der Waals surface area contributed by atoms with Gasteiger partial charge in [-0.1, -0.05) is 44.2 Å². The summed E-state index contributed by atoms with van der Waals surface area (Å²) < 4.78 is 32.9. The third-order valence-corrected chi connectivity index (χ3v) is 4.41. The summed E-state index contributed by atoms with van der Waals surface area (Å²) in [4.78, 5) is 11.7. The van der Waals surface area contributed by atoms with Crippen LogP contribution >= 0.6 is 0 Å². The van der Waals surface area contributed by atoms with Crippen molar-refractivity contribution in [1.29, 1.82) is 0 Å². The Bertz CT molecular complexity index is 783. The summed E-state index contributed by atoms with van der Waals surface area (Å²) in [5.74, 6) is -0.525. The van der Waals surface area contributed by atoms with Gasteiger partial charge >= 0.3 is 0 Å². The molecule has 5 nitrogen and oxygen atoms in total.